The molecule has 0 fully saturated rings. The molecule has 0 heterocycles. The van der Waals surface area contributed by atoms with Gasteiger partial charge in [-0.15, -0.1) is 0 Å². The number of rotatable bonds is 4. The number of hydrogen-bond donors (Lipinski definition) is 0. The minimum absolute atomic E-state index is 0.157. The van der Waals surface area contributed by atoms with E-state index in [1.54, 1.807) is 30.3 Å². The summed E-state index contributed by atoms with van der Waals surface area (Å²) in [6.45, 7) is 0.157. The molecule has 19 heavy (non-hydrogen) atoms. The number of halogens is 1. The van der Waals surface area contributed by atoms with E-state index in [2.05, 4.69) is 0 Å². The molecule has 3 heteroatoms. The van der Waals surface area contributed by atoms with Gasteiger partial charge in [-0.25, -0.2) is 4.39 Å². The fourth-order valence-electron chi connectivity index (χ4n) is 1.65. The highest BCUT2D eigenvalue weighted by Crippen LogP contribution is 2.21. The molecule has 0 aliphatic carbocycles. The lowest BCUT2D eigenvalue weighted by atomic mass is 10.2. The van der Waals surface area contributed by atoms with Crippen molar-refractivity contribution in [3.63, 3.8) is 0 Å². The molecule has 2 aromatic rings. The van der Waals surface area contributed by atoms with E-state index < -0.39 is 0 Å². The van der Waals surface area contributed by atoms with E-state index in [1.165, 1.54) is 12.1 Å². The van der Waals surface area contributed by atoms with Crippen LogP contribution in [0.3, 0.4) is 0 Å². The number of hydrogen-bond acceptors (Lipinski definition) is 2. The lowest BCUT2D eigenvalue weighted by molar-refractivity contribution is 0.299. The Morgan fingerprint density at radius 1 is 1.11 bits per heavy atom. The maximum Gasteiger partial charge on any atom is 0.129 e. The summed E-state index contributed by atoms with van der Waals surface area (Å²) in [5, 5.41) is 8.54. The molecule has 0 atom stereocenters. The standard InChI is InChI=1S/C16H12FNO/c17-15-9-3-1-7-14(15)12-19-16-10-4-2-6-13(16)8-5-11-18/h1-10H,12H2. The predicted molar refractivity (Wildman–Crippen MR) is 71.8 cm³/mol. The second-order valence-electron chi connectivity index (χ2n) is 3.88. The van der Waals surface area contributed by atoms with E-state index in [-0.39, 0.29) is 12.4 Å². The van der Waals surface area contributed by atoms with Crippen LogP contribution in [0.5, 0.6) is 5.75 Å². The Kier molecular flexibility index (Phi) is 4.30. The summed E-state index contributed by atoms with van der Waals surface area (Å²) in [7, 11) is 0. The molecule has 0 N–H and O–H groups in total. The Hall–Kier alpha value is -2.60. The van der Waals surface area contributed by atoms with E-state index >= 15 is 0 Å². The fourth-order valence-corrected chi connectivity index (χ4v) is 1.65. The van der Waals surface area contributed by atoms with Crippen LogP contribution in [0.1, 0.15) is 11.1 Å². The largest absolute Gasteiger partial charge is 0.488 e. The van der Waals surface area contributed by atoms with Crippen LogP contribution in [0.2, 0.25) is 0 Å². The fraction of sp³-hybridized carbons (Fsp3) is 0.0625. The maximum absolute atomic E-state index is 13.5. The van der Waals surface area contributed by atoms with Gasteiger partial charge in [0.15, 0.2) is 0 Å². The van der Waals surface area contributed by atoms with Gasteiger partial charge in [-0.05, 0) is 18.2 Å². The van der Waals surface area contributed by atoms with Crippen molar-refractivity contribution in [2.75, 3.05) is 0 Å². The summed E-state index contributed by atoms with van der Waals surface area (Å²) < 4.78 is 19.1. The van der Waals surface area contributed by atoms with Gasteiger partial charge in [0.25, 0.3) is 0 Å². The van der Waals surface area contributed by atoms with E-state index in [1.807, 2.05) is 24.3 Å². The molecule has 0 bridgehead atoms. The minimum atomic E-state index is -0.285. The van der Waals surface area contributed by atoms with Crippen LogP contribution in [0.25, 0.3) is 6.08 Å². The van der Waals surface area contributed by atoms with Crippen LogP contribution in [0.15, 0.2) is 54.6 Å². The first kappa shape index (κ1) is 12.8. The van der Waals surface area contributed by atoms with Crippen molar-refractivity contribution < 1.29 is 9.13 Å². The van der Waals surface area contributed by atoms with Crippen molar-refractivity contribution in [3.8, 4) is 11.8 Å². The van der Waals surface area contributed by atoms with Gasteiger partial charge in [-0.1, -0.05) is 36.4 Å². The molecule has 2 aromatic carbocycles. The molecule has 0 radical (unpaired) electrons. The first-order valence-corrected chi connectivity index (χ1v) is 5.82. The molecule has 94 valence electrons. The average molecular weight is 253 g/mol. The molecule has 2 nitrogen and oxygen atoms in total. The van der Waals surface area contributed by atoms with Gasteiger partial charge in [0, 0.05) is 17.2 Å². The lowest BCUT2D eigenvalue weighted by Crippen LogP contribution is -1.99. The Morgan fingerprint density at radius 2 is 1.84 bits per heavy atom. The summed E-state index contributed by atoms with van der Waals surface area (Å²) >= 11 is 0. The first-order valence-electron chi connectivity index (χ1n) is 5.82. The third-order valence-electron chi connectivity index (χ3n) is 2.60. The van der Waals surface area contributed by atoms with Gasteiger partial charge in [-0.2, -0.15) is 5.26 Å². The zero-order valence-electron chi connectivity index (χ0n) is 10.2. The predicted octanol–water partition coefficient (Wildman–Crippen LogP) is 3.94. The zero-order chi connectivity index (χ0) is 13.5. The number of benzene rings is 2. The third kappa shape index (κ3) is 3.43. The highest BCUT2D eigenvalue weighted by atomic mass is 19.1. The molecular weight excluding hydrogens is 241 g/mol. The Balaban J connectivity index is 2.14. The molecule has 0 aliphatic rings. The topological polar surface area (TPSA) is 33.0 Å². The molecule has 0 amide bonds. The Bertz CT molecular complexity index is 629. The molecule has 2 rings (SSSR count). The van der Waals surface area contributed by atoms with Gasteiger partial charge in [0.1, 0.15) is 18.2 Å². The van der Waals surface area contributed by atoms with Crippen molar-refractivity contribution in [2.45, 2.75) is 6.61 Å². The van der Waals surface area contributed by atoms with E-state index in [0.717, 1.165) is 5.56 Å². The molecule has 0 saturated carbocycles. The third-order valence-corrected chi connectivity index (χ3v) is 2.60. The van der Waals surface area contributed by atoms with Crippen LogP contribution in [-0.4, -0.2) is 0 Å². The second-order valence-corrected chi connectivity index (χ2v) is 3.88. The summed E-state index contributed by atoms with van der Waals surface area (Å²) in [5.74, 6) is 0.338. The summed E-state index contributed by atoms with van der Waals surface area (Å²) in [4.78, 5) is 0. The number of nitriles is 1. The highest BCUT2D eigenvalue weighted by Gasteiger charge is 2.03. The van der Waals surface area contributed by atoms with E-state index in [4.69, 9.17) is 10.00 Å². The SMILES string of the molecule is N#CC=Cc1ccccc1OCc1ccccc1F. The molecule has 0 aromatic heterocycles. The van der Waals surface area contributed by atoms with Gasteiger partial charge < -0.3 is 4.74 Å². The van der Waals surface area contributed by atoms with Crippen molar-refractivity contribution in [1.29, 1.82) is 5.26 Å². The zero-order valence-corrected chi connectivity index (χ0v) is 10.2. The van der Waals surface area contributed by atoms with E-state index in [0.29, 0.717) is 11.3 Å². The second kappa shape index (κ2) is 6.36. The van der Waals surface area contributed by atoms with Crippen molar-refractivity contribution >= 4 is 6.08 Å². The first-order chi connectivity index (χ1) is 9.31. The number of para-hydroxylation sites is 1. The van der Waals surface area contributed by atoms with Gasteiger partial charge in [0.2, 0.25) is 0 Å². The lowest BCUT2D eigenvalue weighted by Gasteiger charge is -2.09. The van der Waals surface area contributed by atoms with Gasteiger partial charge in [-0.3, -0.25) is 0 Å². The smallest absolute Gasteiger partial charge is 0.129 e. The molecule has 0 saturated heterocycles. The van der Waals surface area contributed by atoms with Crippen molar-refractivity contribution in [1.82, 2.24) is 0 Å². The molecule has 0 spiro atoms. The Labute approximate surface area is 111 Å². The highest BCUT2D eigenvalue weighted by molar-refractivity contribution is 5.58. The quantitative estimate of drug-likeness (QED) is 0.773. The summed E-state index contributed by atoms with van der Waals surface area (Å²) in [6, 6.07) is 15.7. The average Bonchev–Trinajstić information content (AvgIpc) is 2.45. The van der Waals surface area contributed by atoms with Crippen molar-refractivity contribution in [2.24, 2.45) is 0 Å². The van der Waals surface area contributed by atoms with Crippen LogP contribution < -0.4 is 4.74 Å². The molecule has 0 aliphatic heterocycles. The number of ether oxygens (including phenoxy) is 1. The molecular formula is C16H12FNO. The van der Waals surface area contributed by atoms with Crippen LogP contribution in [0.4, 0.5) is 4.39 Å². The molecule has 0 unspecified atom stereocenters. The monoisotopic (exact) mass is 253 g/mol. The van der Waals surface area contributed by atoms with Crippen LogP contribution >= 0.6 is 0 Å². The van der Waals surface area contributed by atoms with E-state index in [9.17, 15) is 4.39 Å². The van der Waals surface area contributed by atoms with Gasteiger partial charge >= 0.3 is 0 Å². The Morgan fingerprint density at radius 3 is 2.63 bits per heavy atom. The van der Waals surface area contributed by atoms with Crippen LogP contribution in [-0.2, 0) is 6.61 Å². The number of nitrogens with zero attached hydrogens (tertiary/aromatic N) is 1. The normalized spacial score (nSPS) is 10.3. The van der Waals surface area contributed by atoms with Crippen LogP contribution in [0, 0.1) is 17.1 Å². The maximum atomic E-state index is 13.5. The summed E-state index contributed by atoms with van der Waals surface area (Å²) in [6.07, 6.45) is 3.04. The van der Waals surface area contributed by atoms with Crippen molar-refractivity contribution in [3.05, 3.63) is 71.6 Å². The number of allylic oxidation sites excluding steroid dienone is 1. The van der Waals surface area contributed by atoms with Gasteiger partial charge in [0.05, 0.1) is 6.07 Å². The summed E-state index contributed by atoms with van der Waals surface area (Å²) in [5.41, 5.74) is 1.29. The minimum Gasteiger partial charge on any atom is -0.488 e.